The maximum atomic E-state index is 12.6. The number of carbonyl (C=O) groups is 1. The lowest BCUT2D eigenvalue weighted by atomic mass is 9.83. The summed E-state index contributed by atoms with van der Waals surface area (Å²) in [6.07, 6.45) is 0.717. The van der Waals surface area contributed by atoms with Gasteiger partial charge in [0.2, 0.25) is 0 Å². The lowest BCUT2D eigenvalue weighted by Gasteiger charge is -2.31. The number of halogens is 1. The van der Waals surface area contributed by atoms with Gasteiger partial charge in [0, 0.05) is 44.3 Å². The van der Waals surface area contributed by atoms with E-state index >= 15 is 0 Å². The Kier molecular flexibility index (Phi) is 7.38. The number of ether oxygens (including phenoxy) is 1. The molecule has 0 radical (unpaired) electrons. The molecular formula is C28H30ClN3O2. The van der Waals surface area contributed by atoms with Crippen LogP contribution in [0.5, 0.6) is 0 Å². The van der Waals surface area contributed by atoms with E-state index in [-0.39, 0.29) is 6.23 Å². The maximum Gasteiger partial charge on any atom is 0.131 e. The molecular weight excluding hydrogens is 446 g/mol. The minimum absolute atomic E-state index is 0.326. The molecule has 3 aromatic carbocycles. The molecule has 2 heterocycles. The predicted octanol–water partition coefficient (Wildman–Crippen LogP) is 4.31. The Morgan fingerprint density at radius 3 is 2.41 bits per heavy atom. The third-order valence-corrected chi connectivity index (χ3v) is 6.93. The van der Waals surface area contributed by atoms with E-state index in [1.165, 1.54) is 5.56 Å². The molecule has 176 valence electrons. The van der Waals surface area contributed by atoms with Gasteiger partial charge in [-0.2, -0.15) is 0 Å². The Labute approximate surface area is 206 Å². The van der Waals surface area contributed by atoms with Crippen LogP contribution < -0.4 is 10.6 Å². The van der Waals surface area contributed by atoms with Crippen molar-refractivity contribution in [3.05, 3.63) is 82.9 Å². The molecule has 0 amide bonds. The lowest BCUT2D eigenvalue weighted by Crippen LogP contribution is -2.43. The van der Waals surface area contributed by atoms with Crippen molar-refractivity contribution < 1.29 is 9.53 Å². The van der Waals surface area contributed by atoms with E-state index in [9.17, 15) is 4.79 Å². The van der Waals surface area contributed by atoms with Gasteiger partial charge >= 0.3 is 0 Å². The van der Waals surface area contributed by atoms with Crippen molar-refractivity contribution in [1.82, 2.24) is 15.5 Å². The fraction of sp³-hybridized carbons (Fsp3) is 0.321. The molecule has 34 heavy (non-hydrogen) atoms. The van der Waals surface area contributed by atoms with Crippen LogP contribution in [0, 0.1) is 0 Å². The van der Waals surface area contributed by atoms with Gasteiger partial charge in [0.05, 0.1) is 12.5 Å². The molecule has 1 unspecified atom stereocenters. The first-order valence-corrected chi connectivity index (χ1v) is 12.3. The highest BCUT2D eigenvalue weighted by atomic mass is 35.5. The number of aldehydes is 1. The van der Waals surface area contributed by atoms with E-state index in [2.05, 4.69) is 51.9 Å². The minimum atomic E-state index is -0.407. The van der Waals surface area contributed by atoms with Gasteiger partial charge in [0.1, 0.15) is 12.5 Å². The zero-order valence-corrected chi connectivity index (χ0v) is 19.9. The van der Waals surface area contributed by atoms with Gasteiger partial charge in [0.15, 0.2) is 0 Å². The van der Waals surface area contributed by atoms with Gasteiger partial charge in [-0.1, -0.05) is 54.1 Å². The van der Waals surface area contributed by atoms with Crippen LogP contribution in [0.25, 0.3) is 22.3 Å². The summed E-state index contributed by atoms with van der Waals surface area (Å²) in [5.41, 5.74) is 6.60. The number of benzene rings is 3. The smallest absolute Gasteiger partial charge is 0.131 e. The highest BCUT2D eigenvalue weighted by molar-refractivity contribution is 6.30. The molecule has 2 fully saturated rings. The Hall–Kier alpha value is -2.54. The summed E-state index contributed by atoms with van der Waals surface area (Å²) < 4.78 is 5.94. The Morgan fingerprint density at radius 1 is 0.971 bits per heavy atom. The summed E-state index contributed by atoms with van der Waals surface area (Å²) in [6.45, 7) is 6.06. The van der Waals surface area contributed by atoms with Crippen molar-refractivity contribution in [2.75, 3.05) is 39.3 Å². The third-order valence-electron chi connectivity index (χ3n) is 6.68. The third kappa shape index (κ3) is 5.09. The minimum Gasteiger partial charge on any atom is -0.361 e. The molecule has 6 heteroatoms. The number of nitrogens with zero attached hydrogens (tertiary/aromatic N) is 1. The van der Waals surface area contributed by atoms with Crippen LogP contribution >= 0.6 is 11.6 Å². The summed E-state index contributed by atoms with van der Waals surface area (Å²) in [5, 5.41) is 7.50. The summed E-state index contributed by atoms with van der Waals surface area (Å²) in [7, 11) is 0. The Balaban J connectivity index is 1.70. The van der Waals surface area contributed by atoms with E-state index in [0.29, 0.717) is 11.6 Å². The average Bonchev–Trinajstić information content (AvgIpc) is 3.41. The average molecular weight is 476 g/mol. The van der Waals surface area contributed by atoms with E-state index < -0.39 is 5.92 Å². The molecule has 0 saturated carbocycles. The van der Waals surface area contributed by atoms with Gasteiger partial charge in [-0.3, -0.25) is 10.2 Å². The first-order chi connectivity index (χ1) is 16.7. The van der Waals surface area contributed by atoms with Crippen molar-refractivity contribution in [1.29, 1.82) is 0 Å². The summed E-state index contributed by atoms with van der Waals surface area (Å²) in [6, 6.07) is 22.8. The van der Waals surface area contributed by atoms with Gasteiger partial charge in [-0.15, -0.1) is 0 Å². The molecule has 0 bridgehead atoms. The number of piperazine rings is 1. The largest absolute Gasteiger partial charge is 0.361 e. The van der Waals surface area contributed by atoms with Crippen LogP contribution in [0.15, 0.2) is 66.7 Å². The fourth-order valence-electron chi connectivity index (χ4n) is 4.98. The van der Waals surface area contributed by atoms with E-state index in [0.717, 1.165) is 73.4 Å². The Morgan fingerprint density at radius 2 is 1.74 bits per heavy atom. The summed E-state index contributed by atoms with van der Waals surface area (Å²) >= 11 is 6.22. The van der Waals surface area contributed by atoms with Crippen molar-refractivity contribution in [3.63, 3.8) is 0 Å². The predicted molar refractivity (Wildman–Crippen MR) is 137 cm³/mol. The number of hydrogen-bond donors (Lipinski definition) is 2. The summed E-state index contributed by atoms with van der Waals surface area (Å²) in [4.78, 5) is 15.0. The lowest BCUT2D eigenvalue weighted by molar-refractivity contribution is -0.111. The quantitative estimate of drug-likeness (QED) is 0.499. The van der Waals surface area contributed by atoms with Crippen molar-refractivity contribution in [2.45, 2.75) is 18.7 Å². The molecule has 3 aromatic rings. The molecule has 0 aromatic heterocycles. The topological polar surface area (TPSA) is 53.6 Å². The standard InChI is InChI=1S/C28H30ClN3O2/c29-24-8-6-21(7-9-24)25-17-22(20-4-2-1-3-5-20)16-23(18-32-13-10-30-11-14-32)27(25)26(19-33)28-31-12-15-34-28/h1-9,16-17,19,26,28,30-31H,10-15,18H2/t26?,28-/m1/s1. The fourth-order valence-corrected chi connectivity index (χ4v) is 5.11. The Bertz CT molecular complexity index is 1110. The second kappa shape index (κ2) is 10.8. The molecule has 2 aliphatic heterocycles. The van der Waals surface area contributed by atoms with Crippen LogP contribution in [0.2, 0.25) is 5.02 Å². The van der Waals surface area contributed by atoms with E-state index in [1.807, 2.05) is 30.3 Å². The van der Waals surface area contributed by atoms with Crippen LogP contribution in [-0.4, -0.2) is 56.7 Å². The van der Waals surface area contributed by atoms with Gasteiger partial charge in [-0.25, -0.2) is 0 Å². The maximum absolute atomic E-state index is 12.6. The van der Waals surface area contributed by atoms with Crippen LogP contribution in [0.3, 0.4) is 0 Å². The van der Waals surface area contributed by atoms with Gasteiger partial charge < -0.3 is 14.8 Å². The number of carbonyl (C=O) groups excluding carboxylic acids is 1. The molecule has 5 nitrogen and oxygen atoms in total. The van der Waals surface area contributed by atoms with E-state index in [1.54, 1.807) is 0 Å². The summed E-state index contributed by atoms with van der Waals surface area (Å²) in [5.74, 6) is -0.407. The first kappa shape index (κ1) is 23.2. The normalized spacial score (nSPS) is 19.7. The van der Waals surface area contributed by atoms with Crippen LogP contribution in [-0.2, 0) is 16.1 Å². The second-order valence-corrected chi connectivity index (χ2v) is 9.34. The van der Waals surface area contributed by atoms with E-state index in [4.69, 9.17) is 16.3 Å². The highest BCUT2D eigenvalue weighted by Crippen LogP contribution is 2.39. The number of nitrogens with one attached hydrogen (secondary N) is 2. The highest BCUT2D eigenvalue weighted by Gasteiger charge is 2.31. The van der Waals surface area contributed by atoms with Crippen molar-refractivity contribution >= 4 is 17.9 Å². The molecule has 5 rings (SSSR count). The van der Waals surface area contributed by atoms with Gasteiger partial charge in [-0.05, 0) is 57.6 Å². The molecule has 0 aliphatic carbocycles. The zero-order chi connectivity index (χ0) is 23.3. The van der Waals surface area contributed by atoms with Crippen LogP contribution in [0.1, 0.15) is 17.0 Å². The molecule has 2 atom stereocenters. The molecule has 0 spiro atoms. The monoisotopic (exact) mass is 475 g/mol. The van der Waals surface area contributed by atoms with Crippen LogP contribution in [0.4, 0.5) is 0 Å². The van der Waals surface area contributed by atoms with Gasteiger partial charge in [0.25, 0.3) is 0 Å². The molecule has 2 saturated heterocycles. The first-order valence-electron chi connectivity index (χ1n) is 11.9. The SMILES string of the molecule is O=CC(c1c(CN2CCNCC2)cc(-c2ccccc2)cc1-c1ccc(Cl)cc1)[C@@H]1NCCO1. The molecule has 2 aliphatic rings. The number of rotatable bonds is 7. The molecule has 2 N–H and O–H groups in total. The second-order valence-electron chi connectivity index (χ2n) is 8.90. The van der Waals surface area contributed by atoms with Crippen molar-refractivity contribution in [2.24, 2.45) is 0 Å². The zero-order valence-electron chi connectivity index (χ0n) is 19.2. The number of hydrogen-bond acceptors (Lipinski definition) is 5. The van der Waals surface area contributed by atoms with Crippen molar-refractivity contribution in [3.8, 4) is 22.3 Å².